The van der Waals surface area contributed by atoms with Gasteiger partial charge in [-0.2, -0.15) is 0 Å². The number of urea groups is 1. The van der Waals surface area contributed by atoms with Gasteiger partial charge in [-0.15, -0.1) is 0 Å². The summed E-state index contributed by atoms with van der Waals surface area (Å²) in [5, 5.41) is 26.2. The van der Waals surface area contributed by atoms with Gasteiger partial charge in [-0.25, -0.2) is 9.59 Å². The number of carbonyl (C=O) groups excluding carboxylic acids is 2. The zero-order valence-corrected chi connectivity index (χ0v) is 23.5. The SMILES string of the molecule is COc1cc(CC(=O)N2CCCC2(C)COc2ccc(C(=O)O)cc2[N+](=O)[O-])ccc1NC(=O)Nc1ccccc1C. The van der Waals surface area contributed by atoms with E-state index in [0.29, 0.717) is 35.7 Å². The van der Waals surface area contributed by atoms with Crippen molar-refractivity contribution < 1.29 is 33.9 Å². The van der Waals surface area contributed by atoms with Crippen LogP contribution in [0.15, 0.2) is 60.7 Å². The minimum atomic E-state index is -1.28. The van der Waals surface area contributed by atoms with Crippen LogP contribution in [0, 0.1) is 17.0 Å². The highest BCUT2D eigenvalue weighted by molar-refractivity contribution is 6.01. The van der Waals surface area contributed by atoms with Crippen LogP contribution in [0.5, 0.6) is 11.5 Å². The molecule has 220 valence electrons. The third-order valence-electron chi connectivity index (χ3n) is 7.25. The Hall–Kier alpha value is -5.13. The number of nitro groups is 1. The van der Waals surface area contributed by atoms with Gasteiger partial charge in [-0.3, -0.25) is 14.9 Å². The molecule has 1 heterocycles. The number of nitrogens with one attached hydrogen (secondary N) is 2. The van der Waals surface area contributed by atoms with Gasteiger partial charge >= 0.3 is 17.7 Å². The number of aryl methyl sites for hydroxylation is 1. The van der Waals surface area contributed by atoms with E-state index < -0.39 is 28.2 Å². The molecule has 0 saturated carbocycles. The van der Waals surface area contributed by atoms with Crippen molar-refractivity contribution in [2.45, 2.75) is 38.6 Å². The molecule has 1 atom stereocenters. The Morgan fingerprint density at radius 1 is 1.05 bits per heavy atom. The summed E-state index contributed by atoms with van der Waals surface area (Å²) in [7, 11) is 1.47. The molecule has 1 fully saturated rings. The van der Waals surface area contributed by atoms with Crippen molar-refractivity contribution >= 4 is 35.0 Å². The number of anilines is 2. The van der Waals surface area contributed by atoms with Crippen molar-refractivity contribution in [3.8, 4) is 11.5 Å². The second-order valence-electron chi connectivity index (χ2n) is 10.3. The number of hydrogen-bond acceptors (Lipinski definition) is 7. The summed E-state index contributed by atoms with van der Waals surface area (Å²) in [4.78, 5) is 49.7. The van der Waals surface area contributed by atoms with Crippen molar-refractivity contribution in [3.63, 3.8) is 0 Å². The fraction of sp³-hybridized carbons (Fsp3) is 0.300. The van der Waals surface area contributed by atoms with Gasteiger partial charge in [0.25, 0.3) is 0 Å². The molecule has 0 radical (unpaired) electrons. The fourth-order valence-electron chi connectivity index (χ4n) is 4.96. The maximum Gasteiger partial charge on any atom is 0.335 e. The molecule has 1 saturated heterocycles. The van der Waals surface area contributed by atoms with Crippen LogP contribution in [0.2, 0.25) is 0 Å². The predicted octanol–water partition coefficient (Wildman–Crippen LogP) is 5.26. The quantitative estimate of drug-likeness (QED) is 0.218. The molecular weight excluding hydrogens is 544 g/mol. The Kier molecular flexibility index (Phi) is 8.94. The van der Waals surface area contributed by atoms with Gasteiger partial charge in [-0.1, -0.05) is 24.3 Å². The number of rotatable bonds is 10. The molecule has 42 heavy (non-hydrogen) atoms. The van der Waals surface area contributed by atoms with Crippen molar-refractivity contribution in [2.75, 3.05) is 30.9 Å². The van der Waals surface area contributed by atoms with Crippen LogP contribution in [0.4, 0.5) is 21.9 Å². The van der Waals surface area contributed by atoms with Gasteiger partial charge in [0.1, 0.15) is 12.4 Å². The lowest BCUT2D eigenvalue weighted by Crippen LogP contribution is -2.49. The van der Waals surface area contributed by atoms with Crippen molar-refractivity contribution in [3.05, 3.63) is 87.5 Å². The Morgan fingerprint density at radius 3 is 2.48 bits per heavy atom. The molecule has 0 bridgehead atoms. The number of hydrogen-bond donors (Lipinski definition) is 3. The smallest absolute Gasteiger partial charge is 0.335 e. The first-order valence-electron chi connectivity index (χ1n) is 13.3. The first-order chi connectivity index (χ1) is 20.0. The zero-order chi connectivity index (χ0) is 30.4. The van der Waals surface area contributed by atoms with Crippen LogP contribution in [-0.2, 0) is 11.2 Å². The number of ether oxygens (including phenoxy) is 2. The summed E-state index contributed by atoms with van der Waals surface area (Å²) in [5.41, 5.74) is 1.31. The fourth-order valence-corrected chi connectivity index (χ4v) is 4.96. The normalized spacial score (nSPS) is 16.0. The van der Waals surface area contributed by atoms with Crippen LogP contribution < -0.4 is 20.1 Å². The highest BCUT2D eigenvalue weighted by Crippen LogP contribution is 2.34. The minimum Gasteiger partial charge on any atom is -0.495 e. The first kappa shape index (κ1) is 29.8. The lowest BCUT2D eigenvalue weighted by Gasteiger charge is -2.35. The monoisotopic (exact) mass is 576 g/mol. The number of nitrogens with zero attached hydrogens (tertiary/aromatic N) is 2. The third kappa shape index (κ3) is 6.77. The van der Waals surface area contributed by atoms with Crippen LogP contribution in [0.25, 0.3) is 0 Å². The number of carboxylic acids is 1. The van der Waals surface area contributed by atoms with Gasteiger partial charge in [0.2, 0.25) is 5.91 Å². The number of carboxylic acid groups (broad SMARTS) is 1. The van der Waals surface area contributed by atoms with E-state index in [1.165, 1.54) is 19.2 Å². The Bertz CT molecular complexity index is 1520. The second kappa shape index (κ2) is 12.6. The number of para-hydroxylation sites is 1. The van der Waals surface area contributed by atoms with E-state index in [1.54, 1.807) is 29.2 Å². The van der Waals surface area contributed by atoms with Crippen LogP contribution in [0.1, 0.15) is 41.3 Å². The highest BCUT2D eigenvalue weighted by Gasteiger charge is 2.40. The van der Waals surface area contributed by atoms with Gasteiger partial charge in [0.15, 0.2) is 5.75 Å². The van der Waals surface area contributed by atoms with Gasteiger partial charge in [0, 0.05) is 18.3 Å². The van der Waals surface area contributed by atoms with Crippen molar-refractivity contribution in [2.24, 2.45) is 0 Å². The Balaban J connectivity index is 1.42. The standard InChI is InChI=1S/C30H32N4O8/c1-19-7-4-5-8-22(19)31-29(38)32-23-11-9-20(15-26(23)41-3)16-27(35)33-14-6-13-30(33,2)18-42-25-12-10-21(28(36)37)17-24(25)34(39)40/h4-5,7-12,15,17H,6,13-14,16,18H2,1-3H3,(H,36,37)(H2,31,32,38). The van der Waals surface area contributed by atoms with Gasteiger partial charge in [-0.05, 0) is 68.1 Å². The molecule has 3 amide bonds. The molecule has 0 spiro atoms. The molecule has 4 rings (SSSR count). The molecule has 0 aliphatic carbocycles. The zero-order valence-electron chi connectivity index (χ0n) is 23.5. The third-order valence-corrected chi connectivity index (χ3v) is 7.25. The molecule has 3 N–H and O–H groups in total. The molecule has 1 aliphatic heterocycles. The minimum absolute atomic E-state index is 0.00578. The molecular formula is C30H32N4O8. The topological polar surface area (TPSA) is 160 Å². The average Bonchev–Trinajstić information content (AvgIpc) is 3.35. The highest BCUT2D eigenvalue weighted by atomic mass is 16.6. The summed E-state index contributed by atoms with van der Waals surface area (Å²) < 4.78 is 11.3. The summed E-state index contributed by atoms with van der Waals surface area (Å²) in [6.45, 7) is 4.24. The van der Waals surface area contributed by atoms with E-state index in [4.69, 9.17) is 14.6 Å². The average molecular weight is 577 g/mol. The van der Waals surface area contributed by atoms with Crippen LogP contribution in [0.3, 0.4) is 0 Å². The van der Waals surface area contributed by atoms with E-state index in [0.717, 1.165) is 18.1 Å². The van der Waals surface area contributed by atoms with Crippen LogP contribution in [-0.4, -0.2) is 58.6 Å². The molecule has 3 aromatic rings. The maximum absolute atomic E-state index is 13.4. The first-order valence-corrected chi connectivity index (χ1v) is 13.3. The van der Waals surface area contributed by atoms with Gasteiger partial charge in [0.05, 0.1) is 35.2 Å². The van der Waals surface area contributed by atoms with E-state index in [9.17, 15) is 24.5 Å². The largest absolute Gasteiger partial charge is 0.495 e. The summed E-state index contributed by atoms with van der Waals surface area (Å²) in [6, 6.07) is 15.5. The van der Waals surface area contributed by atoms with Crippen molar-refractivity contribution in [1.29, 1.82) is 0 Å². The van der Waals surface area contributed by atoms with Crippen molar-refractivity contribution in [1.82, 2.24) is 4.90 Å². The van der Waals surface area contributed by atoms with E-state index in [1.807, 2.05) is 32.0 Å². The van der Waals surface area contributed by atoms with E-state index in [2.05, 4.69) is 10.6 Å². The number of likely N-dealkylation sites (tertiary alicyclic amines) is 1. The summed E-state index contributed by atoms with van der Waals surface area (Å²) >= 11 is 0. The summed E-state index contributed by atoms with van der Waals surface area (Å²) in [5.74, 6) is -1.11. The molecule has 0 aromatic heterocycles. The second-order valence-corrected chi connectivity index (χ2v) is 10.3. The molecule has 1 unspecified atom stereocenters. The predicted molar refractivity (Wildman–Crippen MR) is 155 cm³/mol. The van der Waals surface area contributed by atoms with E-state index in [-0.39, 0.29) is 30.2 Å². The number of nitro benzene ring substituents is 1. The Morgan fingerprint density at radius 2 is 1.79 bits per heavy atom. The number of amides is 3. The maximum atomic E-state index is 13.4. The van der Waals surface area contributed by atoms with Gasteiger partial charge < -0.3 is 30.1 Å². The number of carbonyl (C=O) groups is 3. The number of aromatic carboxylic acids is 1. The number of methoxy groups -OCH3 is 1. The lowest BCUT2D eigenvalue weighted by molar-refractivity contribution is -0.386. The summed E-state index contributed by atoms with van der Waals surface area (Å²) in [6.07, 6.45) is 1.42. The Labute approximate surface area is 242 Å². The molecule has 12 nitrogen and oxygen atoms in total. The lowest BCUT2D eigenvalue weighted by atomic mass is 9.99. The van der Waals surface area contributed by atoms with Crippen LogP contribution >= 0.6 is 0 Å². The molecule has 3 aromatic carbocycles. The van der Waals surface area contributed by atoms with E-state index >= 15 is 0 Å². The number of benzene rings is 3. The molecule has 12 heteroatoms. The molecule has 1 aliphatic rings.